The minimum atomic E-state index is -0.681. The second-order valence-corrected chi connectivity index (χ2v) is 31.6. The van der Waals surface area contributed by atoms with Crippen LogP contribution >= 0.6 is 0 Å². The molecule has 0 spiro atoms. The van der Waals surface area contributed by atoms with E-state index in [0.717, 1.165) is 66.8 Å². The third kappa shape index (κ3) is 28.5. The van der Waals surface area contributed by atoms with Crippen LogP contribution in [0.15, 0.2) is 388 Å². The van der Waals surface area contributed by atoms with Gasteiger partial charge in [-0.25, -0.2) is 9.59 Å². The normalized spacial score (nSPS) is 10.8. The van der Waals surface area contributed by atoms with Gasteiger partial charge in [-0.05, 0) is 187 Å². The van der Waals surface area contributed by atoms with Crippen LogP contribution < -0.4 is 71.1 Å². The van der Waals surface area contributed by atoms with Gasteiger partial charge in [-0.2, -0.15) is 0 Å². The van der Waals surface area contributed by atoms with Crippen LogP contribution in [0.25, 0.3) is 0 Å². The molecule has 0 radical (unpaired) electrons. The van der Waals surface area contributed by atoms with Crippen molar-refractivity contribution in [2.45, 2.75) is 99.1 Å². The summed E-state index contributed by atoms with van der Waals surface area (Å²) in [7, 11) is 2.51. The van der Waals surface area contributed by atoms with E-state index in [-0.39, 0.29) is 63.1 Å². The van der Waals surface area contributed by atoms with E-state index in [0.29, 0.717) is 150 Å². The number of carbonyl (C=O) groups is 2. The van der Waals surface area contributed by atoms with E-state index in [1.54, 1.807) is 6.07 Å². The molecule has 0 aromatic heterocycles. The van der Waals surface area contributed by atoms with Crippen molar-refractivity contribution in [1.82, 2.24) is 0 Å². The molecule has 0 atom stereocenters. The Labute approximate surface area is 779 Å². The fourth-order valence-electron chi connectivity index (χ4n) is 14.4. The van der Waals surface area contributed by atoms with Gasteiger partial charge >= 0.3 is 11.9 Å². The second kappa shape index (κ2) is 47.1. The van der Waals surface area contributed by atoms with Gasteiger partial charge in [0.05, 0.1) is 25.3 Å². The summed E-state index contributed by atoms with van der Waals surface area (Å²) >= 11 is 0. The first-order chi connectivity index (χ1) is 65.9. The van der Waals surface area contributed by atoms with Crippen molar-refractivity contribution < 1.29 is 90.1 Å². The molecular formula is C115H100O19. The highest BCUT2D eigenvalue weighted by Gasteiger charge is 2.20. The van der Waals surface area contributed by atoms with E-state index in [1.807, 2.05) is 364 Å². The molecule has 0 aliphatic rings. The predicted octanol–water partition coefficient (Wildman–Crippen LogP) is 24.9. The van der Waals surface area contributed by atoms with Gasteiger partial charge in [0.15, 0.2) is 0 Å². The zero-order chi connectivity index (χ0) is 91.5. The van der Waals surface area contributed by atoms with Crippen LogP contribution in [0.3, 0.4) is 0 Å². The summed E-state index contributed by atoms with van der Waals surface area (Å²) in [5.74, 6) is 6.25. The minimum absolute atomic E-state index is 0.0208. The lowest BCUT2D eigenvalue weighted by Gasteiger charge is -2.17. The van der Waals surface area contributed by atoms with Crippen LogP contribution in [0, 0.1) is 0 Å². The van der Waals surface area contributed by atoms with Crippen LogP contribution in [0.2, 0.25) is 0 Å². The van der Waals surface area contributed by atoms with Crippen LogP contribution in [0.5, 0.6) is 86.2 Å². The van der Waals surface area contributed by atoms with E-state index in [2.05, 4.69) is 0 Å². The monoisotopic (exact) mass is 1780 g/mol. The van der Waals surface area contributed by atoms with Gasteiger partial charge < -0.3 is 80.5 Å². The Morgan fingerprint density at radius 2 is 0.254 bits per heavy atom. The van der Waals surface area contributed by atoms with Gasteiger partial charge in [0, 0.05) is 42.5 Å². The average Bonchev–Trinajstić information content (AvgIpc) is 0.828. The molecule has 0 heterocycles. The highest BCUT2D eigenvalue weighted by atomic mass is 16.5. The van der Waals surface area contributed by atoms with Gasteiger partial charge in [-0.3, -0.25) is 0 Å². The highest BCUT2D eigenvalue weighted by Crippen LogP contribution is 2.37. The largest absolute Gasteiger partial charge is 0.489 e. The van der Waals surface area contributed by atoms with E-state index >= 15 is 0 Å². The molecule has 16 aromatic carbocycles. The van der Waals surface area contributed by atoms with Crippen molar-refractivity contribution in [3.05, 3.63) is 483 Å². The number of esters is 2. The van der Waals surface area contributed by atoms with E-state index in [4.69, 9.17) is 80.5 Å². The lowest BCUT2D eigenvalue weighted by Crippen LogP contribution is -2.08. The molecule has 134 heavy (non-hydrogen) atoms. The van der Waals surface area contributed by atoms with Gasteiger partial charge in [-0.1, -0.05) is 243 Å². The number of hydrogen-bond donors (Lipinski definition) is 0. The molecule has 0 amide bonds. The summed E-state index contributed by atoms with van der Waals surface area (Å²) in [4.78, 5) is 26.3. The number of ether oxygens (including phenoxy) is 17. The van der Waals surface area contributed by atoms with E-state index < -0.39 is 11.9 Å². The molecule has 0 aliphatic heterocycles. The number of benzene rings is 16. The van der Waals surface area contributed by atoms with Gasteiger partial charge in [0.1, 0.15) is 185 Å². The maximum absolute atomic E-state index is 13.1. The summed E-state index contributed by atoms with van der Waals surface area (Å²) in [6.45, 7) is 2.90. The molecule has 0 bridgehead atoms. The lowest BCUT2D eigenvalue weighted by atomic mass is 10.1. The van der Waals surface area contributed by atoms with Crippen LogP contribution in [0.4, 0.5) is 0 Å². The Bertz CT molecular complexity index is 5510. The predicted molar refractivity (Wildman–Crippen MR) is 511 cm³/mol. The summed E-state index contributed by atoms with van der Waals surface area (Å²) in [5, 5.41) is 0. The molecule has 19 heteroatoms. The molecular weight excluding hydrogens is 1690 g/mol. The fraction of sp³-hybridized carbons (Fsp3) is 0.148. The first-order valence-corrected chi connectivity index (χ1v) is 44.0. The number of carbonyl (C=O) groups excluding carboxylic acids is 2. The molecule has 674 valence electrons. The minimum Gasteiger partial charge on any atom is -0.489 e. The maximum Gasteiger partial charge on any atom is 0.338 e. The Balaban J connectivity index is 0.721. The van der Waals surface area contributed by atoms with Crippen LogP contribution in [-0.4, -0.2) is 26.2 Å². The first kappa shape index (κ1) is 90.8. The Morgan fingerprint density at radius 3 is 0.373 bits per heavy atom. The van der Waals surface area contributed by atoms with Gasteiger partial charge in [0.25, 0.3) is 0 Å². The maximum atomic E-state index is 13.1. The zero-order valence-corrected chi connectivity index (χ0v) is 74.3. The average molecular weight is 1790 g/mol. The van der Waals surface area contributed by atoms with E-state index in [9.17, 15) is 9.59 Å². The highest BCUT2D eigenvalue weighted by molar-refractivity contribution is 5.96. The van der Waals surface area contributed by atoms with Gasteiger partial charge in [0.2, 0.25) is 0 Å². The summed E-state index contributed by atoms with van der Waals surface area (Å²) in [5.41, 5.74) is 13.2. The summed E-state index contributed by atoms with van der Waals surface area (Å²) < 4.78 is 109. The Morgan fingerprint density at radius 1 is 0.142 bits per heavy atom. The Hall–Kier alpha value is -16.5. The quantitative estimate of drug-likeness (QED) is 0.0327. The van der Waals surface area contributed by atoms with Crippen molar-refractivity contribution >= 4 is 11.9 Å². The lowest BCUT2D eigenvalue weighted by molar-refractivity contribution is 0.0597. The summed E-state index contributed by atoms with van der Waals surface area (Å²) in [6.07, 6.45) is 0. The number of methoxy groups -OCH3 is 2. The standard InChI is InChI=1S/C115H100O19/c1-118-114(116)97-57-98(115(117)119-2)59-113(58-97)134-81-96-55-111(132-79-94-51-107(128-75-90-43-99(120-67-82-27-11-3-12-28-82)60-100(44-90)121-68-83-29-13-4-14-30-83)64-108(52-94)129-76-91-45-101(122-69-84-31-15-5-16-32-84)61-102(46-91)123-70-85-33-17-6-18-34-85)66-112(56-96)133-80-95-53-109(130-77-92-47-103(124-71-86-35-19-7-20-36-86)62-104(48-92)125-72-87-37-21-8-22-38-87)65-110(54-95)131-78-93-49-105(126-73-88-39-23-9-24-40-88)63-106(50-93)127-74-89-41-25-10-26-42-89/h3-66H,67-81H2,1-2H3. The molecule has 0 N–H and O–H groups in total. The van der Waals surface area contributed by atoms with Crippen molar-refractivity contribution in [1.29, 1.82) is 0 Å². The molecule has 0 fully saturated rings. The molecule has 0 aliphatic carbocycles. The molecule has 0 saturated heterocycles. The van der Waals surface area contributed by atoms with Crippen LogP contribution in [-0.2, 0) is 109 Å². The second-order valence-electron chi connectivity index (χ2n) is 31.6. The van der Waals surface area contributed by atoms with Crippen molar-refractivity contribution in [2.75, 3.05) is 14.2 Å². The molecule has 16 rings (SSSR count). The SMILES string of the molecule is COC(=O)c1cc(OCc2cc(OCc3cc(OCc4cc(OCc5ccccc5)cc(OCc5ccccc5)c4)cc(OCc4cc(OCc5ccccc5)cc(OCc5ccccc5)c4)c3)cc(OCc3cc(OCc4cc(OCc5ccccc5)cc(OCc5ccccc5)c4)cc(OCc4cc(OCc5ccccc5)cc(OCc5ccccc5)c4)c3)c2)cc(C(=O)OC)c1. The fourth-order valence-corrected chi connectivity index (χ4v) is 14.4. The van der Waals surface area contributed by atoms with Crippen molar-refractivity contribution in [2.24, 2.45) is 0 Å². The Kier molecular flexibility index (Phi) is 31.9. The van der Waals surface area contributed by atoms with Crippen molar-refractivity contribution in [3.8, 4) is 86.2 Å². The molecule has 0 unspecified atom stereocenters. The molecule has 0 saturated carbocycles. The number of rotatable bonds is 47. The van der Waals surface area contributed by atoms with E-state index in [1.165, 1.54) is 32.4 Å². The smallest absolute Gasteiger partial charge is 0.338 e. The third-order valence-corrected chi connectivity index (χ3v) is 21.2. The molecule has 19 nitrogen and oxygen atoms in total. The molecule has 16 aromatic rings. The van der Waals surface area contributed by atoms with Crippen LogP contribution in [0.1, 0.15) is 104 Å². The number of hydrogen-bond acceptors (Lipinski definition) is 19. The topological polar surface area (TPSA) is 191 Å². The third-order valence-electron chi connectivity index (χ3n) is 21.2. The zero-order valence-electron chi connectivity index (χ0n) is 74.3. The summed E-state index contributed by atoms with van der Waals surface area (Å²) in [6, 6.07) is 124. The first-order valence-electron chi connectivity index (χ1n) is 44.0. The van der Waals surface area contributed by atoms with Gasteiger partial charge in [-0.15, -0.1) is 0 Å². The van der Waals surface area contributed by atoms with Crippen molar-refractivity contribution in [3.63, 3.8) is 0 Å².